The van der Waals surface area contributed by atoms with Gasteiger partial charge in [0, 0.05) is 25.8 Å². The molecule has 0 saturated carbocycles. The average molecular weight is 204 g/mol. The van der Waals surface area contributed by atoms with Crippen molar-refractivity contribution in [2.24, 2.45) is 5.73 Å². The molecule has 4 nitrogen and oxygen atoms in total. The Morgan fingerprint density at radius 3 is 2.47 bits per heavy atom. The molecule has 1 rings (SSSR count). The van der Waals surface area contributed by atoms with Crippen LogP contribution in [0.3, 0.4) is 0 Å². The van der Waals surface area contributed by atoms with Crippen molar-refractivity contribution in [2.75, 3.05) is 18.0 Å². The van der Waals surface area contributed by atoms with Crippen LogP contribution in [0.15, 0.2) is 37.7 Å². The molecule has 1 heterocycles. The van der Waals surface area contributed by atoms with Crippen LogP contribution in [0.4, 0.5) is 5.82 Å². The molecule has 0 atom stereocenters. The van der Waals surface area contributed by atoms with Gasteiger partial charge in [0.2, 0.25) is 0 Å². The fourth-order valence-electron chi connectivity index (χ4n) is 1.22. The van der Waals surface area contributed by atoms with E-state index in [1.165, 1.54) is 0 Å². The van der Waals surface area contributed by atoms with Crippen molar-refractivity contribution in [3.63, 3.8) is 0 Å². The van der Waals surface area contributed by atoms with Crippen molar-refractivity contribution in [1.82, 2.24) is 9.97 Å². The van der Waals surface area contributed by atoms with Crippen molar-refractivity contribution >= 4 is 5.82 Å². The molecule has 0 radical (unpaired) electrons. The van der Waals surface area contributed by atoms with E-state index in [4.69, 9.17) is 5.73 Å². The lowest BCUT2D eigenvalue weighted by Crippen LogP contribution is -2.24. The number of aromatic nitrogens is 2. The van der Waals surface area contributed by atoms with Gasteiger partial charge in [-0.15, -0.1) is 13.2 Å². The second-order valence-corrected chi connectivity index (χ2v) is 3.06. The largest absolute Gasteiger partial charge is 0.348 e. The highest BCUT2D eigenvalue weighted by Crippen LogP contribution is 2.09. The standard InChI is InChI=1S/C11H16N4/c1-3-5-15(6-4-2)11-9-13-8-10(7-12)14-11/h3-4,8-9H,1-2,5-7,12H2. The third-order valence-corrected chi connectivity index (χ3v) is 1.90. The van der Waals surface area contributed by atoms with Gasteiger partial charge in [0.25, 0.3) is 0 Å². The predicted octanol–water partition coefficient (Wildman–Crippen LogP) is 1.11. The summed E-state index contributed by atoms with van der Waals surface area (Å²) < 4.78 is 0. The van der Waals surface area contributed by atoms with Gasteiger partial charge in [0.15, 0.2) is 0 Å². The second kappa shape index (κ2) is 5.93. The molecular formula is C11H16N4. The molecule has 0 spiro atoms. The highest BCUT2D eigenvalue weighted by atomic mass is 15.2. The van der Waals surface area contributed by atoms with E-state index >= 15 is 0 Å². The molecule has 1 aromatic heterocycles. The summed E-state index contributed by atoms with van der Waals surface area (Å²) in [5.74, 6) is 0.803. The molecule has 0 unspecified atom stereocenters. The van der Waals surface area contributed by atoms with Crippen molar-refractivity contribution < 1.29 is 0 Å². The van der Waals surface area contributed by atoms with Crippen LogP contribution in [0.1, 0.15) is 5.69 Å². The number of anilines is 1. The molecule has 80 valence electrons. The van der Waals surface area contributed by atoms with Gasteiger partial charge in [-0.3, -0.25) is 4.98 Å². The SMILES string of the molecule is C=CCN(CC=C)c1cncc(CN)n1. The highest BCUT2D eigenvalue weighted by molar-refractivity contribution is 5.38. The lowest BCUT2D eigenvalue weighted by Gasteiger charge is -2.20. The van der Waals surface area contributed by atoms with Crippen LogP contribution in [0.25, 0.3) is 0 Å². The van der Waals surface area contributed by atoms with Crippen LogP contribution in [0, 0.1) is 0 Å². The predicted molar refractivity (Wildman–Crippen MR) is 62.5 cm³/mol. The lowest BCUT2D eigenvalue weighted by molar-refractivity contribution is 0.882. The molecule has 15 heavy (non-hydrogen) atoms. The first kappa shape index (κ1) is 11.4. The van der Waals surface area contributed by atoms with Gasteiger partial charge in [-0.05, 0) is 0 Å². The minimum atomic E-state index is 0.400. The van der Waals surface area contributed by atoms with Gasteiger partial charge < -0.3 is 10.6 Å². The third-order valence-electron chi connectivity index (χ3n) is 1.90. The molecule has 0 saturated heterocycles. The quantitative estimate of drug-likeness (QED) is 0.705. The summed E-state index contributed by atoms with van der Waals surface area (Å²) in [7, 11) is 0. The van der Waals surface area contributed by atoms with E-state index in [9.17, 15) is 0 Å². The molecule has 1 aromatic rings. The molecular weight excluding hydrogens is 188 g/mol. The Bertz CT molecular complexity index is 325. The maximum absolute atomic E-state index is 5.51. The van der Waals surface area contributed by atoms with Crippen LogP contribution in [0.5, 0.6) is 0 Å². The molecule has 4 heteroatoms. The molecule has 0 aliphatic heterocycles. The average Bonchev–Trinajstić information content (AvgIpc) is 2.29. The molecule has 0 aromatic carbocycles. The van der Waals surface area contributed by atoms with E-state index in [0.717, 1.165) is 11.5 Å². The fourth-order valence-corrected chi connectivity index (χ4v) is 1.22. The van der Waals surface area contributed by atoms with E-state index in [1.807, 2.05) is 17.1 Å². The van der Waals surface area contributed by atoms with Crippen molar-refractivity contribution in [3.05, 3.63) is 43.4 Å². The van der Waals surface area contributed by atoms with Gasteiger partial charge in [0.05, 0.1) is 11.9 Å². The smallest absolute Gasteiger partial charge is 0.148 e. The molecule has 0 bridgehead atoms. The first-order valence-corrected chi connectivity index (χ1v) is 4.79. The molecule has 0 aliphatic carbocycles. The Hall–Kier alpha value is -1.68. The first-order valence-electron chi connectivity index (χ1n) is 4.79. The summed E-state index contributed by atoms with van der Waals surface area (Å²) in [4.78, 5) is 10.5. The fraction of sp³-hybridized carbons (Fsp3) is 0.273. The van der Waals surface area contributed by atoms with Crippen LogP contribution >= 0.6 is 0 Å². The molecule has 0 aliphatic rings. The lowest BCUT2D eigenvalue weighted by atomic mass is 10.4. The van der Waals surface area contributed by atoms with Crippen LogP contribution in [-0.2, 0) is 6.54 Å². The van der Waals surface area contributed by atoms with Crippen molar-refractivity contribution in [1.29, 1.82) is 0 Å². The van der Waals surface area contributed by atoms with Gasteiger partial charge in [-0.25, -0.2) is 4.98 Å². The van der Waals surface area contributed by atoms with Crippen LogP contribution in [-0.4, -0.2) is 23.1 Å². The maximum atomic E-state index is 5.51. The number of rotatable bonds is 6. The van der Waals surface area contributed by atoms with Gasteiger partial charge in [-0.1, -0.05) is 12.2 Å². The number of nitrogens with two attached hydrogens (primary N) is 1. The third kappa shape index (κ3) is 3.18. The van der Waals surface area contributed by atoms with Crippen LogP contribution in [0.2, 0.25) is 0 Å². The van der Waals surface area contributed by atoms with Crippen molar-refractivity contribution in [3.8, 4) is 0 Å². The van der Waals surface area contributed by atoms with E-state index < -0.39 is 0 Å². The van der Waals surface area contributed by atoms with E-state index in [1.54, 1.807) is 12.4 Å². The number of hydrogen-bond donors (Lipinski definition) is 1. The minimum absolute atomic E-state index is 0.400. The summed E-state index contributed by atoms with van der Waals surface area (Å²) in [5.41, 5.74) is 6.29. The summed E-state index contributed by atoms with van der Waals surface area (Å²) in [5, 5.41) is 0. The molecule has 0 fully saturated rings. The Morgan fingerprint density at radius 1 is 1.27 bits per heavy atom. The summed E-state index contributed by atoms with van der Waals surface area (Å²) in [6.45, 7) is 9.24. The highest BCUT2D eigenvalue weighted by Gasteiger charge is 2.05. The summed E-state index contributed by atoms with van der Waals surface area (Å²) >= 11 is 0. The second-order valence-electron chi connectivity index (χ2n) is 3.06. The van der Waals surface area contributed by atoms with Crippen molar-refractivity contribution in [2.45, 2.75) is 6.54 Å². The van der Waals surface area contributed by atoms with Gasteiger partial charge >= 0.3 is 0 Å². The topological polar surface area (TPSA) is 55.0 Å². The summed E-state index contributed by atoms with van der Waals surface area (Å²) in [6.07, 6.45) is 7.02. The zero-order valence-corrected chi connectivity index (χ0v) is 8.76. The minimum Gasteiger partial charge on any atom is -0.348 e. The zero-order valence-electron chi connectivity index (χ0n) is 8.76. The van der Waals surface area contributed by atoms with E-state index in [0.29, 0.717) is 19.6 Å². The van der Waals surface area contributed by atoms with Crippen LogP contribution < -0.4 is 10.6 Å². The normalized spacial score (nSPS) is 9.67. The van der Waals surface area contributed by atoms with Gasteiger partial charge in [-0.2, -0.15) is 0 Å². The first-order chi connectivity index (χ1) is 7.31. The summed E-state index contributed by atoms with van der Waals surface area (Å²) in [6, 6.07) is 0. The van der Waals surface area contributed by atoms with E-state index in [2.05, 4.69) is 23.1 Å². The maximum Gasteiger partial charge on any atom is 0.148 e. The molecule has 0 amide bonds. The Morgan fingerprint density at radius 2 is 1.93 bits per heavy atom. The zero-order chi connectivity index (χ0) is 11.1. The monoisotopic (exact) mass is 204 g/mol. The number of hydrogen-bond acceptors (Lipinski definition) is 4. The number of nitrogens with zero attached hydrogens (tertiary/aromatic N) is 3. The van der Waals surface area contributed by atoms with Gasteiger partial charge in [0.1, 0.15) is 5.82 Å². The molecule has 2 N–H and O–H groups in total. The Balaban J connectivity index is 2.88. The van der Waals surface area contributed by atoms with E-state index in [-0.39, 0.29) is 0 Å². The Kier molecular flexibility index (Phi) is 4.50. The Labute approximate surface area is 90.1 Å².